The van der Waals surface area contributed by atoms with Gasteiger partial charge in [0, 0.05) is 71.4 Å². The van der Waals surface area contributed by atoms with Crippen molar-refractivity contribution in [3.63, 3.8) is 0 Å². The van der Waals surface area contributed by atoms with E-state index in [1.165, 1.54) is 14.2 Å². The monoisotopic (exact) mass is 825 g/mol. The average Bonchev–Trinajstić information content (AvgIpc) is 3.93. The number of carbonyl (C=O) groups is 3. The first-order valence-corrected chi connectivity index (χ1v) is 21.2. The highest BCUT2D eigenvalue weighted by atomic mass is 16.5. The van der Waals surface area contributed by atoms with Gasteiger partial charge < -0.3 is 39.0 Å². The second-order valence-electron chi connectivity index (χ2n) is 15.3. The molecule has 0 radical (unpaired) electrons. The molecular formula is C47H63N5O8. The first kappa shape index (κ1) is 46.0. The molecule has 3 aromatic heterocycles. The Labute approximate surface area is 353 Å². The Hall–Kier alpha value is -5.11. The van der Waals surface area contributed by atoms with Gasteiger partial charge in [-0.2, -0.15) is 0 Å². The fourth-order valence-electron chi connectivity index (χ4n) is 7.96. The molecule has 3 aromatic rings. The Kier molecular flexibility index (Phi) is 16.8. The van der Waals surface area contributed by atoms with E-state index in [1.807, 2.05) is 32.1 Å². The van der Waals surface area contributed by atoms with Crippen LogP contribution < -0.4 is 5.32 Å². The van der Waals surface area contributed by atoms with Gasteiger partial charge in [-0.15, -0.1) is 0 Å². The number of unbranched alkanes of at least 4 members (excludes halogenated alkanes) is 1. The number of carbonyl (C=O) groups excluding carboxylic acids is 3. The number of fused-ring (bicyclic) bond motifs is 8. The number of hydrogen-bond donors (Lipinski definition) is 3. The maximum Gasteiger partial charge on any atom is 0.310 e. The van der Waals surface area contributed by atoms with Crippen molar-refractivity contribution >= 4 is 51.1 Å². The van der Waals surface area contributed by atoms with Crippen LogP contribution in [0.3, 0.4) is 0 Å². The first-order valence-electron chi connectivity index (χ1n) is 21.2. The number of aromatic amines is 2. The third kappa shape index (κ3) is 10.8. The van der Waals surface area contributed by atoms with Crippen LogP contribution in [-0.2, 0) is 46.1 Å². The van der Waals surface area contributed by atoms with E-state index >= 15 is 0 Å². The molecule has 2 atom stereocenters. The zero-order chi connectivity index (χ0) is 43.3. The van der Waals surface area contributed by atoms with Crippen LogP contribution in [0.4, 0.5) is 0 Å². The van der Waals surface area contributed by atoms with Crippen molar-refractivity contribution in [3.05, 3.63) is 81.4 Å². The molecule has 5 rings (SSSR count). The summed E-state index contributed by atoms with van der Waals surface area (Å²) >= 11 is 0. The fourth-order valence-corrected chi connectivity index (χ4v) is 7.96. The smallest absolute Gasteiger partial charge is 0.310 e. The van der Waals surface area contributed by atoms with Crippen molar-refractivity contribution in [1.29, 1.82) is 0 Å². The molecule has 8 bridgehead atoms. The van der Waals surface area contributed by atoms with Gasteiger partial charge in [-0.25, -0.2) is 4.98 Å². The van der Waals surface area contributed by atoms with Gasteiger partial charge in [-0.1, -0.05) is 39.8 Å². The minimum absolute atomic E-state index is 0.141. The third-order valence-electron chi connectivity index (χ3n) is 11.5. The van der Waals surface area contributed by atoms with Gasteiger partial charge in [0.25, 0.3) is 5.91 Å². The molecule has 2 aliphatic rings. The summed E-state index contributed by atoms with van der Waals surface area (Å²) in [7, 11) is 2.71. The van der Waals surface area contributed by atoms with E-state index < -0.39 is 5.97 Å². The highest BCUT2D eigenvalue weighted by molar-refractivity contribution is 6.06. The topological polar surface area (TPSA) is 167 Å². The number of H-pyrrole nitrogens is 2. The molecule has 324 valence electrons. The Morgan fingerprint density at radius 2 is 1.47 bits per heavy atom. The summed E-state index contributed by atoms with van der Waals surface area (Å²) < 4.78 is 27.2. The zero-order valence-corrected chi connectivity index (χ0v) is 36.7. The second kappa shape index (κ2) is 21.9. The van der Waals surface area contributed by atoms with Crippen molar-refractivity contribution in [3.8, 4) is 0 Å². The third-order valence-corrected chi connectivity index (χ3v) is 11.5. The minimum Gasteiger partial charge on any atom is -0.469 e. The Morgan fingerprint density at radius 1 is 0.800 bits per heavy atom. The van der Waals surface area contributed by atoms with Gasteiger partial charge in [0.15, 0.2) is 0 Å². The van der Waals surface area contributed by atoms with Gasteiger partial charge in [0.2, 0.25) is 0 Å². The maximum atomic E-state index is 14.4. The Bertz CT molecular complexity index is 2240. The quantitative estimate of drug-likeness (QED) is 0.0705. The summed E-state index contributed by atoms with van der Waals surface area (Å²) in [5.41, 5.74) is 11.6. The van der Waals surface area contributed by atoms with Gasteiger partial charge in [0.1, 0.15) is 0 Å². The fraction of sp³-hybridized carbons (Fsp3) is 0.511. The zero-order valence-electron chi connectivity index (χ0n) is 36.7. The van der Waals surface area contributed by atoms with Crippen LogP contribution in [0.15, 0.2) is 30.9 Å². The molecular weight excluding hydrogens is 763 g/mol. The highest BCUT2D eigenvalue weighted by Gasteiger charge is 2.34. The number of aromatic nitrogens is 4. The molecule has 13 nitrogen and oxygen atoms in total. The summed E-state index contributed by atoms with van der Waals surface area (Å²) in [6.07, 6.45) is 5.70. The molecule has 0 spiro atoms. The predicted molar refractivity (Wildman–Crippen MR) is 235 cm³/mol. The molecule has 0 aliphatic carbocycles. The number of esters is 2. The van der Waals surface area contributed by atoms with Crippen LogP contribution in [0.2, 0.25) is 0 Å². The molecule has 0 saturated heterocycles. The number of methoxy groups -OCH3 is 2. The van der Waals surface area contributed by atoms with Crippen LogP contribution in [-0.4, -0.2) is 98.2 Å². The summed E-state index contributed by atoms with van der Waals surface area (Å²) in [5.74, 6) is -1.61. The lowest BCUT2D eigenvalue weighted by molar-refractivity contribution is -0.141. The predicted octanol–water partition coefficient (Wildman–Crippen LogP) is 8.14. The van der Waals surface area contributed by atoms with Crippen LogP contribution in [0.25, 0.3) is 33.2 Å². The number of nitrogens with one attached hydrogen (secondary N) is 3. The van der Waals surface area contributed by atoms with E-state index in [2.05, 4.69) is 55.6 Å². The molecule has 0 aromatic carbocycles. The van der Waals surface area contributed by atoms with E-state index in [1.54, 1.807) is 0 Å². The van der Waals surface area contributed by atoms with E-state index in [4.69, 9.17) is 33.7 Å². The minimum atomic E-state index is -0.490. The first-order chi connectivity index (χ1) is 29.0. The summed E-state index contributed by atoms with van der Waals surface area (Å²) in [5, 5.41) is 3.10. The number of hydrogen-bond acceptors (Lipinski definition) is 10. The largest absolute Gasteiger partial charge is 0.469 e. The highest BCUT2D eigenvalue weighted by Crippen LogP contribution is 2.43. The standard InChI is InChI=1S/C47H63N5O8/c1-10-13-18-58-20-22-60-23-21-59-19-14-17-48-47(55)44-31(7)39-27-41-33(12-3)29(5)37(50-41)26-40-32(11-2)28(4)36(49-40)25-38-30(6)34(15-16-42(53)56-8)45(51-38)35(46(44)52-39)24-43(54)57-9/h11,25-27,30,34,50,52H,2,10,12-24H2,1,3-9H3,(H,48,55). The Morgan fingerprint density at radius 3 is 2.12 bits per heavy atom. The van der Waals surface area contributed by atoms with E-state index in [0.717, 1.165) is 76.3 Å². The van der Waals surface area contributed by atoms with Crippen molar-refractivity contribution in [2.45, 2.75) is 98.3 Å². The molecule has 3 N–H and O–H groups in total. The Balaban J connectivity index is 1.63. The molecule has 0 fully saturated rings. The van der Waals surface area contributed by atoms with Gasteiger partial charge in [-0.3, -0.25) is 19.4 Å². The number of aryl methyl sites for hydroxylation is 3. The molecule has 1 amide bonds. The van der Waals surface area contributed by atoms with E-state index in [9.17, 15) is 14.4 Å². The SMILES string of the molecule is C=CC1=C(C)c2cc3nc(c(CC(=O)OC)c4[nH]c(cc5[nH]c(cc1n2)c(C)c5CC)c(C)c4C(=O)NCCCOCCOCCOCCCC)C(CCC(=O)OC)C3C. The van der Waals surface area contributed by atoms with Crippen LogP contribution in [0.1, 0.15) is 127 Å². The lowest BCUT2D eigenvalue weighted by Gasteiger charge is -2.18. The summed E-state index contributed by atoms with van der Waals surface area (Å²) in [6.45, 7) is 20.0. The molecule has 60 heavy (non-hydrogen) atoms. The van der Waals surface area contributed by atoms with Crippen molar-refractivity contribution in [2.24, 2.45) is 0 Å². The van der Waals surface area contributed by atoms with Gasteiger partial charge >= 0.3 is 11.9 Å². The van der Waals surface area contributed by atoms with Crippen molar-refractivity contribution in [2.75, 3.05) is 60.4 Å². The summed E-state index contributed by atoms with van der Waals surface area (Å²) in [6, 6.07) is 6.07. The normalized spacial score (nSPS) is 15.0. The maximum absolute atomic E-state index is 14.4. The van der Waals surface area contributed by atoms with Crippen molar-refractivity contribution in [1.82, 2.24) is 25.3 Å². The average molecular weight is 826 g/mol. The van der Waals surface area contributed by atoms with Gasteiger partial charge in [0.05, 0.1) is 75.2 Å². The lowest BCUT2D eigenvalue weighted by Crippen LogP contribution is -2.26. The molecule has 2 unspecified atom stereocenters. The van der Waals surface area contributed by atoms with Crippen LogP contribution >= 0.6 is 0 Å². The van der Waals surface area contributed by atoms with Crippen LogP contribution in [0, 0.1) is 13.8 Å². The lowest BCUT2D eigenvalue weighted by atomic mass is 9.85. The van der Waals surface area contributed by atoms with E-state index in [0.29, 0.717) is 85.8 Å². The molecule has 5 heterocycles. The molecule has 0 saturated carbocycles. The molecule has 2 aliphatic heterocycles. The number of nitrogens with zero attached hydrogens (tertiary/aromatic N) is 2. The molecule has 13 heteroatoms. The van der Waals surface area contributed by atoms with Crippen molar-refractivity contribution < 1.29 is 38.1 Å². The van der Waals surface area contributed by atoms with Gasteiger partial charge in [-0.05, 0) is 86.9 Å². The number of allylic oxidation sites excluding steroid dienone is 3. The van der Waals surface area contributed by atoms with Crippen LogP contribution in [0.5, 0.6) is 0 Å². The number of rotatable bonds is 21. The number of amides is 1. The summed E-state index contributed by atoms with van der Waals surface area (Å²) in [4.78, 5) is 57.9. The van der Waals surface area contributed by atoms with E-state index in [-0.39, 0.29) is 36.6 Å². The second-order valence-corrected chi connectivity index (χ2v) is 15.3. The number of ether oxygens (including phenoxy) is 5.